The van der Waals surface area contributed by atoms with Crippen molar-refractivity contribution in [3.8, 4) is 0 Å². The van der Waals surface area contributed by atoms with E-state index in [9.17, 15) is 9.59 Å². The van der Waals surface area contributed by atoms with E-state index in [1.807, 2.05) is 43.3 Å². The highest BCUT2D eigenvalue weighted by Gasteiger charge is 2.08. The van der Waals surface area contributed by atoms with Crippen molar-refractivity contribution in [1.82, 2.24) is 9.99 Å². The van der Waals surface area contributed by atoms with Gasteiger partial charge in [-0.2, -0.15) is 5.10 Å². The number of amides is 2. The number of aromatic nitrogens is 1. The number of nitrogens with one attached hydrogen (secondary N) is 1. The van der Waals surface area contributed by atoms with Crippen LogP contribution in [0.5, 0.6) is 0 Å². The maximum Gasteiger partial charge on any atom is 0.271 e. The minimum Gasteiger partial charge on any atom is -0.368 e. The van der Waals surface area contributed by atoms with E-state index in [4.69, 9.17) is 5.73 Å². The van der Waals surface area contributed by atoms with Crippen molar-refractivity contribution in [1.29, 1.82) is 0 Å². The first-order valence-electron chi connectivity index (χ1n) is 7.81. The zero-order valence-corrected chi connectivity index (χ0v) is 13.8. The molecule has 0 saturated heterocycles. The normalized spacial score (nSPS) is 11.1. The zero-order chi connectivity index (χ0) is 17.8. The van der Waals surface area contributed by atoms with Gasteiger partial charge in [0.1, 0.15) is 6.54 Å². The Balaban J connectivity index is 1.80. The average molecular weight is 334 g/mol. The Labute approximate surface area is 144 Å². The van der Waals surface area contributed by atoms with Crippen LogP contribution >= 0.6 is 0 Å². The molecule has 2 amide bonds. The summed E-state index contributed by atoms with van der Waals surface area (Å²) in [5, 5.41) is 4.96. The van der Waals surface area contributed by atoms with Crippen LogP contribution in [0, 0.1) is 6.92 Å². The molecule has 2 aromatic carbocycles. The van der Waals surface area contributed by atoms with E-state index in [1.54, 1.807) is 29.1 Å². The predicted octanol–water partition coefficient (Wildman–Crippen LogP) is 2.20. The molecule has 0 unspecified atom stereocenters. The maximum absolute atomic E-state index is 12.1. The number of nitrogens with two attached hydrogens (primary N) is 1. The average Bonchev–Trinajstić information content (AvgIpc) is 2.93. The second-order valence-electron chi connectivity index (χ2n) is 5.76. The van der Waals surface area contributed by atoms with Gasteiger partial charge in [-0.05, 0) is 25.1 Å². The number of hydrogen-bond acceptors (Lipinski definition) is 3. The lowest BCUT2D eigenvalue weighted by Gasteiger charge is -2.00. The highest BCUT2D eigenvalue weighted by atomic mass is 16.2. The van der Waals surface area contributed by atoms with E-state index in [2.05, 4.69) is 10.5 Å². The predicted molar refractivity (Wildman–Crippen MR) is 97.4 cm³/mol. The van der Waals surface area contributed by atoms with Gasteiger partial charge in [0.25, 0.3) is 5.91 Å². The number of hydrogen-bond donors (Lipinski definition) is 2. The Morgan fingerprint density at radius 1 is 1.16 bits per heavy atom. The first-order valence-corrected chi connectivity index (χ1v) is 7.81. The summed E-state index contributed by atoms with van der Waals surface area (Å²) in [5.74, 6) is -0.700. The summed E-state index contributed by atoms with van der Waals surface area (Å²) in [6, 6.07) is 14.9. The van der Waals surface area contributed by atoms with Crippen LogP contribution in [0.2, 0.25) is 0 Å². The van der Waals surface area contributed by atoms with Gasteiger partial charge in [0, 0.05) is 28.2 Å². The summed E-state index contributed by atoms with van der Waals surface area (Å²) in [7, 11) is 0. The molecule has 0 aliphatic carbocycles. The summed E-state index contributed by atoms with van der Waals surface area (Å²) in [5.41, 5.74) is 11.1. The Kier molecular flexibility index (Phi) is 4.61. The quantitative estimate of drug-likeness (QED) is 0.553. The SMILES string of the molecule is Cc1ccc(C(=O)N/N=C\c2cn(CC(N)=O)c3ccccc23)cc1. The lowest BCUT2D eigenvalue weighted by molar-refractivity contribution is -0.118. The topological polar surface area (TPSA) is 89.5 Å². The smallest absolute Gasteiger partial charge is 0.271 e. The van der Waals surface area contributed by atoms with E-state index >= 15 is 0 Å². The third kappa shape index (κ3) is 3.74. The molecule has 6 heteroatoms. The van der Waals surface area contributed by atoms with Gasteiger partial charge in [-0.15, -0.1) is 0 Å². The van der Waals surface area contributed by atoms with Crippen LogP contribution in [0.15, 0.2) is 59.8 Å². The molecule has 3 N–H and O–H groups in total. The fourth-order valence-corrected chi connectivity index (χ4v) is 2.61. The van der Waals surface area contributed by atoms with Gasteiger partial charge in [-0.1, -0.05) is 35.9 Å². The van der Waals surface area contributed by atoms with Crippen LogP contribution in [0.1, 0.15) is 21.5 Å². The van der Waals surface area contributed by atoms with Crippen LogP contribution in [0.4, 0.5) is 0 Å². The first-order chi connectivity index (χ1) is 12.0. The number of rotatable bonds is 5. The molecule has 0 aliphatic rings. The second-order valence-corrected chi connectivity index (χ2v) is 5.76. The van der Waals surface area contributed by atoms with Crippen molar-refractivity contribution in [2.24, 2.45) is 10.8 Å². The molecular formula is C19H18N4O2. The molecular weight excluding hydrogens is 316 g/mol. The van der Waals surface area contributed by atoms with E-state index < -0.39 is 5.91 Å². The molecule has 0 saturated carbocycles. The zero-order valence-electron chi connectivity index (χ0n) is 13.8. The van der Waals surface area contributed by atoms with Gasteiger partial charge in [0.2, 0.25) is 5.91 Å². The first kappa shape index (κ1) is 16.4. The molecule has 0 fully saturated rings. The third-order valence-electron chi connectivity index (χ3n) is 3.83. The summed E-state index contributed by atoms with van der Waals surface area (Å²) in [6.07, 6.45) is 3.35. The van der Waals surface area contributed by atoms with Crippen LogP contribution < -0.4 is 11.2 Å². The Hall–Kier alpha value is -3.41. The number of carbonyl (C=O) groups excluding carboxylic acids is 2. The lowest BCUT2D eigenvalue weighted by Crippen LogP contribution is -2.18. The number of carbonyl (C=O) groups is 2. The van der Waals surface area contributed by atoms with Crippen molar-refractivity contribution in [3.63, 3.8) is 0 Å². The number of para-hydroxylation sites is 1. The van der Waals surface area contributed by atoms with Crippen LogP contribution in [-0.4, -0.2) is 22.6 Å². The minimum atomic E-state index is -0.420. The van der Waals surface area contributed by atoms with Gasteiger partial charge in [-0.25, -0.2) is 5.43 Å². The Bertz CT molecular complexity index is 955. The molecule has 0 radical (unpaired) electrons. The fourth-order valence-electron chi connectivity index (χ4n) is 2.61. The molecule has 0 spiro atoms. The summed E-state index contributed by atoms with van der Waals surface area (Å²) in [4.78, 5) is 23.3. The molecule has 6 nitrogen and oxygen atoms in total. The number of benzene rings is 2. The minimum absolute atomic E-state index is 0.0874. The molecule has 25 heavy (non-hydrogen) atoms. The monoisotopic (exact) mass is 334 g/mol. The number of aryl methyl sites for hydroxylation is 1. The highest BCUT2D eigenvalue weighted by molar-refractivity contribution is 6.01. The van der Waals surface area contributed by atoms with E-state index in [0.29, 0.717) is 5.56 Å². The molecule has 126 valence electrons. The van der Waals surface area contributed by atoms with Crippen LogP contribution in [0.25, 0.3) is 10.9 Å². The van der Waals surface area contributed by atoms with E-state index in [1.165, 1.54) is 0 Å². The molecule has 0 atom stereocenters. The number of hydrazone groups is 1. The van der Waals surface area contributed by atoms with Crippen molar-refractivity contribution in [2.75, 3.05) is 0 Å². The van der Waals surface area contributed by atoms with E-state index in [-0.39, 0.29) is 12.5 Å². The molecule has 1 heterocycles. The molecule has 3 rings (SSSR count). The molecule has 1 aromatic heterocycles. The number of primary amides is 1. The number of fused-ring (bicyclic) bond motifs is 1. The third-order valence-corrected chi connectivity index (χ3v) is 3.83. The van der Waals surface area contributed by atoms with Gasteiger partial charge >= 0.3 is 0 Å². The molecule has 3 aromatic rings. The molecule has 0 bridgehead atoms. The summed E-state index contributed by atoms with van der Waals surface area (Å²) >= 11 is 0. The van der Waals surface area contributed by atoms with Gasteiger partial charge in [-0.3, -0.25) is 9.59 Å². The fraction of sp³-hybridized carbons (Fsp3) is 0.105. The number of nitrogens with zero attached hydrogens (tertiary/aromatic N) is 2. The van der Waals surface area contributed by atoms with Crippen molar-refractivity contribution >= 4 is 28.9 Å². The van der Waals surface area contributed by atoms with Gasteiger partial charge in [0.15, 0.2) is 0 Å². The standard InChI is InChI=1S/C19H18N4O2/c1-13-6-8-14(9-7-13)19(25)22-21-10-15-11-23(12-18(20)24)17-5-3-2-4-16(15)17/h2-11H,12H2,1H3,(H2,20,24)(H,22,25)/b21-10-. The molecule has 0 aliphatic heterocycles. The van der Waals surface area contributed by atoms with Crippen molar-refractivity contribution in [3.05, 3.63) is 71.4 Å². The van der Waals surface area contributed by atoms with Crippen molar-refractivity contribution in [2.45, 2.75) is 13.5 Å². The highest BCUT2D eigenvalue weighted by Crippen LogP contribution is 2.19. The van der Waals surface area contributed by atoms with Crippen LogP contribution in [0.3, 0.4) is 0 Å². The maximum atomic E-state index is 12.1. The van der Waals surface area contributed by atoms with Gasteiger partial charge in [0.05, 0.1) is 6.21 Å². The van der Waals surface area contributed by atoms with Crippen molar-refractivity contribution < 1.29 is 9.59 Å². The summed E-state index contributed by atoms with van der Waals surface area (Å²) in [6.45, 7) is 2.05. The summed E-state index contributed by atoms with van der Waals surface area (Å²) < 4.78 is 1.76. The lowest BCUT2D eigenvalue weighted by atomic mass is 10.1. The largest absolute Gasteiger partial charge is 0.368 e. The van der Waals surface area contributed by atoms with Gasteiger partial charge < -0.3 is 10.3 Å². The Morgan fingerprint density at radius 2 is 1.88 bits per heavy atom. The Morgan fingerprint density at radius 3 is 2.60 bits per heavy atom. The van der Waals surface area contributed by atoms with Crippen LogP contribution in [-0.2, 0) is 11.3 Å². The van der Waals surface area contributed by atoms with E-state index in [0.717, 1.165) is 22.0 Å². The second kappa shape index (κ2) is 7.00.